The molecule has 1 heterocycles. The molecule has 0 aliphatic carbocycles. The van der Waals surface area contributed by atoms with Gasteiger partial charge in [-0.3, -0.25) is 5.43 Å². The summed E-state index contributed by atoms with van der Waals surface area (Å²) in [5.41, 5.74) is 6.96. The number of hydrogen-bond donors (Lipinski definition) is 4. The molecular weight excluding hydrogens is 632 g/mol. The van der Waals surface area contributed by atoms with Gasteiger partial charge in [-0.15, -0.1) is 0 Å². The van der Waals surface area contributed by atoms with Crippen LogP contribution in [-0.2, 0) is 16.1 Å². The van der Waals surface area contributed by atoms with Crippen LogP contribution in [0.2, 0.25) is 0 Å². The number of aliphatic hydroxyl groups excluding tert-OH is 1. The zero-order valence-electron chi connectivity index (χ0n) is 24.8. The normalized spacial score (nSPS) is 15.3. The minimum atomic E-state index is -1.12. The number of benzene rings is 3. The van der Waals surface area contributed by atoms with Crippen LogP contribution in [0.4, 0.5) is 4.79 Å². The molecule has 2 amide bonds. The summed E-state index contributed by atoms with van der Waals surface area (Å²) in [4.78, 5) is 24.6. The Kier molecular flexibility index (Phi) is 11.2. The third-order valence-corrected chi connectivity index (χ3v) is 7.20. The van der Waals surface area contributed by atoms with E-state index in [0.29, 0.717) is 41.7 Å². The largest absolute Gasteiger partial charge is 0.490 e. The lowest BCUT2D eigenvalue weighted by atomic mass is 9.95. The highest BCUT2D eigenvalue weighted by atomic mass is 79.9. The van der Waals surface area contributed by atoms with Crippen LogP contribution >= 0.6 is 15.9 Å². The molecule has 2 atom stereocenters. The lowest BCUT2D eigenvalue weighted by molar-refractivity contribution is -0.136. The molecular formula is C32H35BrN4O7. The maximum absolute atomic E-state index is 12.4. The minimum absolute atomic E-state index is 0.136. The SMILES string of the molecule is CCOc1cc([C@H]2NC(=O)NC(C)=C2C(=O)OC)ccc1OC[C@H](O)N/N=C\c1ccc(OCc2ccc(C)cc2)c(Br)c1. The quantitative estimate of drug-likeness (QED) is 0.0878. The monoisotopic (exact) mass is 666 g/mol. The number of aryl methyl sites for hydroxylation is 1. The fraction of sp³-hybridized carbons (Fsp3) is 0.281. The Morgan fingerprint density at radius 1 is 1.05 bits per heavy atom. The number of aliphatic hydroxyl groups is 1. The predicted molar refractivity (Wildman–Crippen MR) is 169 cm³/mol. The van der Waals surface area contributed by atoms with E-state index in [2.05, 4.69) is 37.1 Å². The van der Waals surface area contributed by atoms with Crippen LogP contribution in [-0.4, -0.2) is 49.9 Å². The molecule has 0 radical (unpaired) electrons. The first-order valence-corrected chi connectivity index (χ1v) is 14.7. The van der Waals surface area contributed by atoms with Crippen LogP contribution < -0.4 is 30.3 Å². The van der Waals surface area contributed by atoms with Gasteiger partial charge in [-0.25, -0.2) is 9.59 Å². The minimum Gasteiger partial charge on any atom is -0.490 e. The van der Waals surface area contributed by atoms with Crippen LogP contribution in [0, 0.1) is 6.92 Å². The smallest absolute Gasteiger partial charge is 0.337 e. The first-order chi connectivity index (χ1) is 21.2. The highest BCUT2D eigenvalue weighted by Gasteiger charge is 2.32. The number of carbonyl (C=O) groups excluding carboxylic acids is 2. The molecule has 3 aromatic rings. The second kappa shape index (κ2) is 15.3. The molecule has 4 N–H and O–H groups in total. The first-order valence-electron chi connectivity index (χ1n) is 13.9. The molecule has 232 valence electrons. The standard InChI is InChI=1S/C32H35BrN4O7/c1-5-42-27-15-23(30-29(31(39)41-4)20(3)35-32(40)36-30)11-13-26(27)44-18-28(38)37-34-16-22-10-12-25(24(33)14-22)43-17-21-8-6-19(2)7-9-21/h6-16,28,30,37-38H,5,17-18H2,1-4H3,(H2,35,36,40)/b34-16-/t28-,30+/m0/s1. The molecule has 0 fully saturated rings. The zero-order chi connectivity index (χ0) is 31.6. The number of urea groups is 1. The number of ether oxygens (including phenoxy) is 4. The summed E-state index contributed by atoms with van der Waals surface area (Å²) < 4.78 is 23.2. The summed E-state index contributed by atoms with van der Waals surface area (Å²) in [6, 6.07) is 17.6. The van der Waals surface area contributed by atoms with Gasteiger partial charge in [0.1, 0.15) is 19.0 Å². The van der Waals surface area contributed by atoms with Gasteiger partial charge >= 0.3 is 12.0 Å². The first kappa shape index (κ1) is 32.4. The molecule has 0 saturated heterocycles. The maximum atomic E-state index is 12.4. The van der Waals surface area contributed by atoms with Gasteiger partial charge in [0.25, 0.3) is 0 Å². The van der Waals surface area contributed by atoms with Gasteiger partial charge in [0.05, 0.1) is 36.0 Å². The Balaban J connectivity index is 1.34. The Bertz CT molecular complexity index is 1540. The molecule has 44 heavy (non-hydrogen) atoms. The number of methoxy groups -OCH3 is 1. The van der Waals surface area contributed by atoms with E-state index >= 15 is 0 Å². The van der Waals surface area contributed by atoms with Crippen molar-refractivity contribution in [3.8, 4) is 17.2 Å². The van der Waals surface area contributed by atoms with Crippen LogP contribution in [0.15, 0.2) is 81.5 Å². The van der Waals surface area contributed by atoms with E-state index in [4.69, 9.17) is 18.9 Å². The van der Waals surface area contributed by atoms with E-state index in [9.17, 15) is 14.7 Å². The lowest BCUT2D eigenvalue weighted by Gasteiger charge is -2.28. The van der Waals surface area contributed by atoms with Crippen molar-refractivity contribution >= 4 is 34.1 Å². The van der Waals surface area contributed by atoms with Gasteiger partial charge in [0, 0.05) is 5.70 Å². The van der Waals surface area contributed by atoms with E-state index in [-0.39, 0.29) is 12.2 Å². The van der Waals surface area contributed by atoms with Gasteiger partial charge in [-0.05, 0) is 83.7 Å². The Hall–Kier alpha value is -4.55. The molecule has 4 rings (SSSR count). The lowest BCUT2D eigenvalue weighted by Crippen LogP contribution is -2.45. The van der Waals surface area contributed by atoms with Crippen molar-refractivity contribution in [3.05, 3.63) is 98.7 Å². The zero-order valence-corrected chi connectivity index (χ0v) is 26.4. The van der Waals surface area contributed by atoms with E-state index in [1.165, 1.54) is 12.7 Å². The summed E-state index contributed by atoms with van der Waals surface area (Å²) in [5.74, 6) is 0.884. The molecule has 0 saturated carbocycles. The number of carbonyl (C=O) groups is 2. The second-order valence-electron chi connectivity index (χ2n) is 9.88. The number of amides is 2. The Labute approximate surface area is 264 Å². The average Bonchev–Trinajstić information content (AvgIpc) is 3.00. The van der Waals surface area contributed by atoms with Crippen molar-refractivity contribution in [1.82, 2.24) is 16.1 Å². The molecule has 12 heteroatoms. The van der Waals surface area contributed by atoms with Gasteiger partial charge in [0.2, 0.25) is 0 Å². The Morgan fingerprint density at radius 2 is 1.80 bits per heavy atom. The highest BCUT2D eigenvalue weighted by molar-refractivity contribution is 9.10. The van der Waals surface area contributed by atoms with E-state index in [1.54, 1.807) is 31.3 Å². The molecule has 1 aliphatic heterocycles. The molecule has 1 aliphatic rings. The number of nitrogens with one attached hydrogen (secondary N) is 3. The predicted octanol–water partition coefficient (Wildman–Crippen LogP) is 4.86. The molecule has 0 bridgehead atoms. The van der Waals surface area contributed by atoms with E-state index in [1.807, 2.05) is 56.3 Å². The number of nitrogens with zero attached hydrogens (tertiary/aromatic N) is 1. The van der Waals surface area contributed by atoms with Crippen LogP contribution in [0.5, 0.6) is 17.2 Å². The summed E-state index contributed by atoms with van der Waals surface area (Å²) in [6.45, 7) is 6.15. The number of hydrazone groups is 1. The van der Waals surface area contributed by atoms with Gasteiger partial charge in [0.15, 0.2) is 17.7 Å². The van der Waals surface area contributed by atoms with E-state index in [0.717, 1.165) is 15.6 Å². The van der Waals surface area contributed by atoms with Gasteiger partial charge in [-0.2, -0.15) is 5.10 Å². The molecule has 0 spiro atoms. The summed E-state index contributed by atoms with van der Waals surface area (Å²) in [5, 5.41) is 19.9. The van der Waals surface area contributed by atoms with Crippen molar-refractivity contribution in [1.29, 1.82) is 0 Å². The third-order valence-electron chi connectivity index (χ3n) is 6.58. The molecule has 11 nitrogen and oxygen atoms in total. The van der Waals surface area contributed by atoms with Crippen molar-refractivity contribution in [2.75, 3.05) is 20.3 Å². The summed E-state index contributed by atoms with van der Waals surface area (Å²) in [7, 11) is 1.28. The molecule has 0 unspecified atom stereocenters. The summed E-state index contributed by atoms with van der Waals surface area (Å²) in [6.07, 6.45) is 0.445. The van der Waals surface area contributed by atoms with Crippen molar-refractivity contribution in [2.24, 2.45) is 5.10 Å². The fourth-order valence-electron chi connectivity index (χ4n) is 4.38. The Morgan fingerprint density at radius 3 is 2.50 bits per heavy atom. The second-order valence-corrected chi connectivity index (χ2v) is 10.7. The van der Waals surface area contributed by atoms with Crippen molar-refractivity contribution in [3.63, 3.8) is 0 Å². The summed E-state index contributed by atoms with van der Waals surface area (Å²) >= 11 is 3.54. The number of esters is 1. The van der Waals surface area contributed by atoms with Crippen molar-refractivity contribution < 1.29 is 33.6 Å². The van der Waals surface area contributed by atoms with Gasteiger partial charge in [-0.1, -0.05) is 35.9 Å². The molecule has 3 aromatic carbocycles. The topological polar surface area (TPSA) is 140 Å². The maximum Gasteiger partial charge on any atom is 0.337 e. The van der Waals surface area contributed by atoms with Crippen LogP contribution in [0.1, 0.15) is 42.1 Å². The number of rotatable bonds is 13. The number of allylic oxidation sites excluding steroid dienone is 1. The van der Waals surface area contributed by atoms with Crippen LogP contribution in [0.25, 0.3) is 0 Å². The molecule has 0 aromatic heterocycles. The van der Waals surface area contributed by atoms with E-state index < -0.39 is 24.3 Å². The fourth-order valence-corrected chi connectivity index (χ4v) is 4.89. The highest BCUT2D eigenvalue weighted by Crippen LogP contribution is 2.35. The number of hydrogen-bond acceptors (Lipinski definition) is 9. The average molecular weight is 668 g/mol. The van der Waals surface area contributed by atoms with Crippen LogP contribution in [0.3, 0.4) is 0 Å². The number of halogens is 1. The third kappa shape index (κ3) is 8.51. The van der Waals surface area contributed by atoms with Crippen molar-refractivity contribution in [2.45, 2.75) is 39.6 Å². The van der Waals surface area contributed by atoms with Gasteiger partial charge < -0.3 is 34.7 Å².